The molecular weight excluding hydrogens is 288 g/mol. The van der Waals surface area contributed by atoms with E-state index in [0.29, 0.717) is 12.8 Å². The quantitative estimate of drug-likeness (QED) is 0.637. The van der Waals surface area contributed by atoms with Gasteiger partial charge in [0.2, 0.25) is 0 Å². The van der Waals surface area contributed by atoms with E-state index in [4.69, 9.17) is 4.74 Å². The van der Waals surface area contributed by atoms with E-state index < -0.39 is 0 Å². The van der Waals surface area contributed by atoms with E-state index in [1.165, 1.54) is 38.5 Å². The highest BCUT2D eigenvalue weighted by Gasteiger charge is 2.34. The molecule has 0 atom stereocenters. The zero-order valence-electron chi connectivity index (χ0n) is 14.6. The monoisotopic (exact) mass is 322 g/mol. The molecular formula is C20H34O3. The van der Waals surface area contributed by atoms with Gasteiger partial charge in [0.05, 0.1) is 11.5 Å². The van der Waals surface area contributed by atoms with Gasteiger partial charge < -0.3 is 14.9 Å². The molecule has 0 spiro atoms. The number of rotatable bonds is 8. The maximum absolute atomic E-state index is 9.81. The highest BCUT2D eigenvalue weighted by Crippen LogP contribution is 2.43. The Bertz CT molecular complexity index is 363. The van der Waals surface area contributed by atoms with Gasteiger partial charge in [-0.2, -0.15) is 0 Å². The normalized spacial score (nSPS) is 23.2. The number of ether oxygens (including phenoxy) is 1. The number of allylic oxidation sites excluding steroid dienone is 2. The van der Waals surface area contributed by atoms with Crippen LogP contribution in [0.4, 0.5) is 0 Å². The molecule has 2 rings (SSSR count). The van der Waals surface area contributed by atoms with Crippen LogP contribution >= 0.6 is 0 Å². The highest BCUT2D eigenvalue weighted by atomic mass is 16.5. The maximum Gasteiger partial charge on any atom is 0.0970 e. The Morgan fingerprint density at radius 2 is 1.04 bits per heavy atom. The van der Waals surface area contributed by atoms with Crippen LogP contribution in [0.15, 0.2) is 24.7 Å². The first-order chi connectivity index (χ1) is 11.0. The van der Waals surface area contributed by atoms with Crippen molar-refractivity contribution in [2.75, 3.05) is 13.2 Å². The SMILES string of the molecule is C=C(CC1(CO)CCCCC1)OC(=C)CC1(CO)CCCCC1. The van der Waals surface area contributed by atoms with E-state index in [1.54, 1.807) is 0 Å². The Hall–Kier alpha value is -0.800. The molecule has 23 heavy (non-hydrogen) atoms. The minimum absolute atomic E-state index is 0.0465. The highest BCUT2D eigenvalue weighted by molar-refractivity contribution is 5.02. The topological polar surface area (TPSA) is 49.7 Å². The van der Waals surface area contributed by atoms with Crippen LogP contribution in [-0.2, 0) is 4.74 Å². The van der Waals surface area contributed by atoms with Gasteiger partial charge in [0.25, 0.3) is 0 Å². The fraction of sp³-hybridized carbons (Fsp3) is 0.800. The molecule has 3 heteroatoms. The van der Waals surface area contributed by atoms with Crippen LogP contribution in [-0.4, -0.2) is 23.4 Å². The van der Waals surface area contributed by atoms with Crippen LogP contribution in [0.25, 0.3) is 0 Å². The summed E-state index contributed by atoms with van der Waals surface area (Å²) in [5, 5.41) is 19.6. The van der Waals surface area contributed by atoms with E-state index in [2.05, 4.69) is 13.2 Å². The Kier molecular flexibility index (Phi) is 6.72. The fourth-order valence-electron chi connectivity index (χ4n) is 4.50. The first-order valence-electron chi connectivity index (χ1n) is 9.28. The van der Waals surface area contributed by atoms with Gasteiger partial charge in [0, 0.05) is 36.9 Å². The predicted octanol–water partition coefficient (Wildman–Crippen LogP) is 4.70. The van der Waals surface area contributed by atoms with E-state index in [-0.39, 0.29) is 24.0 Å². The Balaban J connectivity index is 1.85. The lowest BCUT2D eigenvalue weighted by Gasteiger charge is -2.37. The molecule has 2 fully saturated rings. The standard InChI is InChI=1S/C20H34O3/c1-17(13-19(15-21)9-5-3-6-10-19)23-18(2)14-20(16-22)11-7-4-8-12-20/h21-22H,1-16H2. The van der Waals surface area contributed by atoms with Crippen LogP contribution < -0.4 is 0 Å². The van der Waals surface area contributed by atoms with Gasteiger partial charge in [0.15, 0.2) is 0 Å². The van der Waals surface area contributed by atoms with Gasteiger partial charge in [-0.3, -0.25) is 0 Å². The number of hydrogen-bond donors (Lipinski definition) is 2. The van der Waals surface area contributed by atoms with Crippen molar-refractivity contribution in [3.63, 3.8) is 0 Å². The van der Waals surface area contributed by atoms with Crippen molar-refractivity contribution in [3.05, 3.63) is 24.7 Å². The number of aliphatic hydroxyl groups excluding tert-OH is 2. The predicted molar refractivity (Wildman–Crippen MR) is 93.8 cm³/mol. The molecule has 0 aliphatic heterocycles. The van der Waals surface area contributed by atoms with Crippen LogP contribution in [0.5, 0.6) is 0 Å². The van der Waals surface area contributed by atoms with Gasteiger partial charge in [0.1, 0.15) is 0 Å². The molecule has 0 aromatic rings. The van der Waals surface area contributed by atoms with Crippen molar-refractivity contribution >= 4 is 0 Å². The summed E-state index contributed by atoms with van der Waals surface area (Å²) < 4.78 is 5.90. The van der Waals surface area contributed by atoms with Gasteiger partial charge >= 0.3 is 0 Å². The van der Waals surface area contributed by atoms with Crippen molar-refractivity contribution in [3.8, 4) is 0 Å². The smallest absolute Gasteiger partial charge is 0.0970 e. The van der Waals surface area contributed by atoms with Crippen molar-refractivity contribution in [2.24, 2.45) is 10.8 Å². The molecule has 0 amide bonds. The summed E-state index contributed by atoms with van der Waals surface area (Å²) in [6, 6.07) is 0. The molecule has 3 nitrogen and oxygen atoms in total. The lowest BCUT2D eigenvalue weighted by molar-refractivity contribution is 0.0538. The Morgan fingerprint density at radius 3 is 1.35 bits per heavy atom. The third-order valence-corrected chi connectivity index (χ3v) is 5.93. The van der Waals surface area contributed by atoms with Gasteiger partial charge in [-0.25, -0.2) is 0 Å². The average Bonchev–Trinajstić information content (AvgIpc) is 2.56. The van der Waals surface area contributed by atoms with Gasteiger partial charge in [-0.05, 0) is 25.7 Å². The molecule has 2 aliphatic carbocycles. The average molecular weight is 322 g/mol. The van der Waals surface area contributed by atoms with Gasteiger partial charge in [-0.1, -0.05) is 51.7 Å². The van der Waals surface area contributed by atoms with Crippen LogP contribution in [0.1, 0.15) is 77.0 Å². The third kappa shape index (κ3) is 5.09. The van der Waals surface area contributed by atoms with Crippen LogP contribution in [0.3, 0.4) is 0 Å². The Morgan fingerprint density at radius 1 is 0.696 bits per heavy atom. The molecule has 0 heterocycles. The lowest BCUT2D eigenvalue weighted by atomic mass is 9.71. The molecule has 0 aromatic heterocycles. The zero-order valence-corrected chi connectivity index (χ0v) is 14.6. The molecule has 2 N–H and O–H groups in total. The second-order valence-electron chi connectivity index (χ2n) is 7.97. The minimum atomic E-state index is -0.0465. The van der Waals surface area contributed by atoms with E-state index in [0.717, 1.165) is 37.2 Å². The first-order valence-corrected chi connectivity index (χ1v) is 9.28. The minimum Gasteiger partial charge on any atom is -0.467 e. The molecule has 0 radical (unpaired) electrons. The summed E-state index contributed by atoms with van der Waals surface area (Å²) >= 11 is 0. The summed E-state index contributed by atoms with van der Waals surface area (Å²) in [6.45, 7) is 8.55. The third-order valence-electron chi connectivity index (χ3n) is 5.93. The zero-order chi connectivity index (χ0) is 16.8. The fourth-order valence-corrected chi connectivity index (χ4v) is 4.50. The summed E-state index contributed by atoms with van der Waals surface area (Å²) in [7, 11) is 0. The summed E-state index contributed by atoms with van der Waals surface area (Å²) in [5.41, 5.74) is -0.0930. The second-order valence-corrected chi connectivity index (χ2v) is 7.97. The number of aliphatic hydroxyl groups is 2. The lowest BCUT2D eigenvalue weighted by Crippen LogP contribution is -2.30. The second kappa shape index (κ2) is 8.34. The summed E-state index contributed by atoms with van der Waals surface area (Å²) in [6.07, 6.45) is 12.9. The van der Waals surface area contributed by atoms with Crippen molar-refractivity contribution < 1.29 is 14.9 Å². The largest absolute Gasteiger partial charge is 0.467 e. The maximum atomic E-state index is 9.81. The van der Waals surface area contributed by atoms with Crippen LogP contribution in [0, 0.1) is 10.8 Å². The molecule has 0 aromatic carbocycles. The van der Waals surface area contributed by atoms with Crippen molar-refractivity contribution in [1.29, 1.82) is 0 Å². The van der Waals surface area contributed by atoms with Crippen LogP contribution in [0.2, 0.25) is 0 Å². The van der Waals surface area contributed by atoms with Gasteiger partial charge in [-0.15, -0.1) is 0 Å². The first kappa shape index (κ1) is 18.5. The molecule has 0 unspecified atom stereocenters. The van der Waals surface area contributed by atoms with E-state index in [9.17, 15) is 10.2 Å². The number of hydrogen-bond acceptors (Lipinski definition) is 3. The van der Waals surface area contributed by atoms with E-state index >= 15 is 0 Å². The van der Waals surface area contributed by atoms with Crippen molar-refractivity contribution in [2.45, 2.75) is 77.0 Å². The Labute approximate surface area is 141 Å². The molecule has 0 bridgehead atoms. The van der Waals surface area contributed by atoms with Crippen molar-refractivity contribution in [1.82, 2.24) is 0 Å². The molecule has 2 aliphatic rings. The van der Waals surface area contributed by atoms with E-state index in [1.807, 2.05) is 0 Å². The molecule has 0 saturated heterocycles. The molecule has 2 saturated carbocycles. The summed E-state index contributed by atoms with van der Waals surface area (Å²) in [4.78, 5) is 0. The summed E-state index contributed by atoms with van der Waals surface area (Å²) in [5.74, 6) is 1.43. The molecule has 132 valence electrons.